The molecule has 0 atom stereocenters. The number of carboxylic acid groups (broad SMARTS) is 1. The van der Waals surface area contributed by atoms with Crippen molar-refractivity contribution in [3.8, 4) is 11.5 Å². The maximum Gasteiger partial charge on any atom is 0.339 e. The third-order valence-corrected chi connectivity index (χ3v) is 5.15. The molecule has 0 radical (unpaired) electrons. The van der Waals surface area contributed by atoms with E-state index in [1.165, 1.54) is 30.3 Å². The summed E-state index contributed by atoms with van der Waals surface area (Å²) in [6, 6.07) is 6.46. The fraction of sp³-hybridized carbons (Fsp3) is 0.133. The minimum absolute atomic E-state index is 0.272. The van der Waals surface area contributed by atoms with E-state index in [0.717, 1.165) is 0 Å². The number of aromatic carboxylic acids is 1. The van der Waals surface area contributed by atoms with Crippen LogP contribution < -0.4 is 4.72 Å². The predicted octanol–water partition coefficient (Wildman–Crippen LogP) is 2.92. The van der Waals surface area contributed by atoms with Gasteiger partial charge in [0.2, 0.25) is 0 Å². The number of halogens is 1. The van der Waals surface area contributed by atoms with E-state index in [2.05, 4.69) is 20.7 Å². The molecule has 2 aromatic carbocycles. The van der Waals surface area contributed by atoms with Crippen LogP contribution in [0.3, 0.4) is 0 Å². The van der Waals surface area contributed by atoms with E-state index in [-0.39, 0.29) is 5.69 Å². The molecule has 0 saturated carbocycles. The van der Waals surface area contributed by atoms with Gasteiger partial charge in [0.1, 0.15) is 16.2 Å². The van der Waals surface area contributed by atoms with Crippen molar-refractivity contribution in [2.24, 2.45) is 0 Å². The number of phenolic OH excluding ortho intramolecular Hbond substituents is 1. The van der Waals surface area contributed by atoms with Crippen LogP contribution >= 0.6 is 15.9 Å². The second-order valence-electron chi connectivity index (χ2n) is 4.92. The van der Waals surface area contributed by atoms with Gasteiger partial charge in [-0.3, -0.25) is 4.72 Å². The van der Waals surface area contributed by atoms with Crippen LogP contribution in [0, 0.1) is 0 Å². The zero-order valence-electron chi connectivity index (χ0n) is 12.4. The van der Waals surface area contributed by atoms with Crippen molar-refractivity contribution >= 4 is 37.6 Å². The number of aryl methyl sites for hydroxylation is 1. The molecule has 0 heterocycles. The number of phenols is 2. The average molecular weight is 416 g/mol. The monoisotopic (exact) mass is 415 g/mol. The van der Waals surface area contributed by atoms with Crippen LogP contribution in [0.2, 0.25) is 0 Å². The Morgan fingerprint density at radius 3 is 2.46 bits per heavy atom. The summed E-state index contributed by atoms with van der Waals surface area (Å²) in [5, 5.41) is 28.9. The summed E-state index contributed by atoms with van der Waals surface area (Å²) >= 11 is 3.11. The number of carboxylic acids is 1. The van der Waals surface area contributed by atoms with Gasteiger partial charge in [0.15, 0.2) is 5.75 Å². The number of carbonyl (C=O) groups is 1. The molecule has 0 aliphatic rings. The van der Waals surface area contributed by atoms with Crippen LogP contribution in [0.4, 0.5) is 5.69 Å². The molecule has 2 aromatic rings. The largest absolute Gasteiger partial charge is 0.507 e. The molecule has 0 aromatic heterocycles. The van der Waals surface area contributed by atoms with Gasteiger partial charge >= 0.3 is 5.97 Å². The highest BCUT2D eigenvalue weighted by Crippen LogP contribution is 2.34. The van der Waals surface area contributed by atoms with Gasteiger partial charge in [0, 0.05) is 4.47 Å². The zero-order chi connectivity index (χ0) is 18.1. The Balaban J connectivity index is 2.56. The number of sulfonamides is 1. The van der Waals surface area contributed by atoms with Crippen molar-refractivity contribution in [2.75, 3.05) is 4.72 Å². The molecule has 0 aliphatic heterocycles. The summed E-state index contributed by atoms with van der Waals surface area (Å²) < 4.78 is 27.5. The Hall–Kier alpha value is -2.26. The summed E-state index contributed by atoms with van der Waals surface area (Å²) in [5.74, 6) is -2.55. The summed E-state index contributed by atoms with van der Waals surface area (Å²) in [6.07, 6.45) is 0.442. The van der Waals surface area contributed by atoms with Gasteiger partial charge in [-0.25, -0.2) is 13.2 Å². The Bertz CT molecular complexity index is 910. The summed E-state index contributed by atoms with van der Waals surface area (Å²) in [4.78, 5) is 10.8. The Morgan fingerprint density at radius 2 is 1.88 bits per heavy atom. The molecular formula is C15H14BrNO6S. The number of rotatable bonds is 5. The van der Waals surface area contributed by atoms with E-state index in [4.69, 9.17) is 5.11 Å². The zero-order valence-corrected chi connectivity index (χ0v) is 14.8. The van der Waals surface area contributed by atoms with Crippen LogP contribution in [-0.4, -0.2) is 29.7 Å². The van der Waals surface area contributed by atoms with Crippen LogP contribution in [-0.2, 0) is 16.4 Å². The molecule has 9 heteroatoms. The number of hydrogen-bond donors (Lipinski definition) is 4. The van der Waals surface area contributed by atoms with Gasteiger partial charge < -0.3 is 15.3 Å². The molecule has 24 heavy (non-hydrogen) atoms. The van der Waals surface area contributed by atoms with E-state index in [1.54, 1.807) is 6.92 Å². The molecule has 0 spiro atoms. The van der Waals surface area contributed by atoms with Crippen molar-refractivity contribution in [2.45, 2.75) is 18.2 Å². The topological polar surface area (TPSA) is 124 Å². The van der Waals surface area contributed by atoms with Crippen LogP contribution in [0.25, 0.3) is 0 Å². The fourth-order valence-corrected chi connectivity index (χ4v) is 3.74. The molecule has 2 rings (SSSR count). The Kier molecular flexibility index (Phi) is 5.05. The highest BCUT2D eigenvalue weighted by Gasteiger charge is 2.23. The number of benzene rings is 2. The first-order valence-electron chi connectivity index (χ1n) is 6.76. The predicted molar refractivity (Wildman–Crippen MR) is 91.1 cm³/mol. The molecule has 128 valence electrons. The van der Waals surface area contributed by atoms with Crippen LogP contribution in [0.5, 0.6) is 11.5 Å². The van der Waals surface area contributed by atoms with Crippen molar-refractivity contribution in [1.29, 1.82) is 0 Å². The van der Waals surface area contributed by atoms with Gasteiger partial charge in [-0.15, -0.1) is 0 Å². The first-order chi connectivity index (χ1) is 11.2. The highest BCUT2D eigenvalue weighted by atomic mass is 79.9. The highest BCUT2D eigenvalue weighted by molar-refractivity contribution is 9.10. The summed E-state index contributed by atoms with van der Waals surface area (Å²) in [7, 11) is -4.24. The Morgan fingerprint density at radius 1 is 1.21 bits per heavy atom. The van der Waals surface area contributed by atoms with E-state index in [1.807, 2.05) is 0 Å². The van der Waals surface area contributed by atoms with E-state index in [9.17, 15) is 23.4 Å². The standard InChI is InChI=1S/C15H14BrNO6S/c1-2-8-5-10(15(20)21)14(19)11(6-8)17-24(22,23)13-7-9(16)3-4-12(13)18/h3-7,17-19H,2H2,1H3,(H,20,21). The molecular weight excluding hydrogens is 402 g/mol. The normalized spacial score (nSPS) is 11.2. The molecule has 7 nitrogen and oxygen atoms in total. The average Bonchev–Trinajstić information content (AvgIpc) is 2.51. The quantitative estimate of drug-likeness (QED) is 0.556. The Labute approximate surface area is 146 Å². The molecule has 4 N–H and O–H groups in total. The van der Waals surface area contributed by atoms with Crippen LogP contribution in [0.1, 0.15) is 22.8 Å². The second-order valence-corrected chi connectivity index (χ2v) is 7.48. The third kappa shape index (κ3) is 3.62. The van der Waals surface area contributed by atoms with Gasteiger partial charge in [0.05, 0.1) is 5.69 Å². The van der Waals surface area contributed by atoms with Crippen molar-refractivity contribution in [3.05, 3.63) is 45.9 Å². The maximum absolute atomic E-state index is 12.5. The van der Waals surface area contributed by atoms with Crippen molar-refractivity contribution < 1.29 is 28.5 Å². The van der Waals surface area contributed by atoms with E-state index < -0.39 is 38.0 Å². The summed E-state index contributed by atoms with van der Waals surface area (Å²) in [6.45, 7) is 1.76. The van der Waals surface area contributed by atoms with Gasteiger partial charge in [-0.05, 0) is 42.3 Å². The number of anilines is 1. The fourth-order valence-electron chi connectivity index (χ4n) is 2.04. The van der Waals surface area contributed by atoms with Crippen molar-refractivity contribution in [3.63, 3.8) is 0 Å². The number of nitrogens with one attached hydrogen (secondary N) is 1. The molecule has 0 saturated heterocycles. The van der Waals surface area contributed by atoms with Crippen molar-refractivity contribution in [1.82, 2.24) is 0 Å². The lowest BCUT2D eigenvalue weighted by Crippen LogP contribution is -2.14. The molecule has 0 bridgehead atoms. The molecule has 0 amide bonds. The maximum atomic E-state index is 12.5. The SMILES string of the molecule is CCc1cc(NS(=O)(=O)c2cc(Br)ccc2O)c(O)c(C(=O)O)c1. The van der Waals surface area contributed by atoms with Crippen LogP contribution in [0.15, 0.2) is 39.7 Å². The third-order valence-electron chi connectivity index (χ3n) is 3.26. The van der Waals surface area contributed by atoms with Gasteiger partial charge in [-0.1, -0.05) is 22.9 Å². The van der Waals surface area contributed by atoms with E-state index >= 15 is 0 Å². The lowest BCUT2D eigenvalue weighted by molar-refractivity contribution is 0.0693. The second kappa shape index (κ2) is 6.70. The lowest BCUT2D eigenvalue weighted by atomic mass is 10.1. The van der Waals surface area contributed by atoms with Gasteiger partial charge in [0.25, 0.3) is 10.0 Å². The number of aromatic hydroxyl groups is 2. The van der Waals surface area contributed by atoms with Gasteiger partial charge in [-0.2, -0.15) is 0 Å². The minimum atomic E-state index is -4.24. The summed E-state index contributed by atoms with van der Waals surface area (Å²) in [5.41, 5.74) is -0.155. The molecule has 0 fully saturated rings. The molecule has 0 aliphatic carbocycles. The number of hydrogen-bond acceptors (Lipinski definition) is 5. The first-order valence-corrected chi connectivity index (χ1v) is 9.04. The van der Waals surface area contributed by atoms with E-state index in [0.29, 0.717) is 16.5 Å². The first kappa shape index (κ1) is 18.1. The lowest BCUT2D eigenvalue weighted by Gasteiger charge is -2.14. The smallest absolute Gasteiger partial charge is 0.339 e. The molecule has 0 unspecified atom stereocenters. The minimum Gasteiger partial charge on any atom is -0.507 e.